The summed E-state index contributed by atoms with van der Waals surface area (Å²) in [6.45, 7) is 1.59. The summed E-state index contributed by atoms with van der Waals surface area (Å²) < 4.78 is 52.5. The highest BCUT2D eigenvalue weighted by Gasteiger charge is 2.38. The zero-order valence-electron chi connectivity index (χ0n) is 26.0. The fourth-order valence-corrected chi connectivity index (χ4v) is 6.59. The Morgan fingerprint density at radius 1 is 0.978 bits per heavy atom. The van der Waals surface area contributed by atoms with Gasteiger partial charge in [0.05, 0.1) is 24.6 Å². The number of ether oxygens (including phenoxy) is 2. The average molecular weight is 647 g/mol. The fourth-order valence-electron chi connectivity index (χ4n) is 6.05. The third-order valence-corrected chi connectivity index (χ3v) is 9.74. The van der Waals surface area contributed by atoms with Crippen LogP contribution in [0.25, 0.3) is 10.9 Å². The van der Waals surface area contributed by atoms with Gasteiger partial charge < -0.3 is 19.3 Å². The molecule has 0 radical (unpaired) electrons. The van der Waals surface area contributed by atoms with Gasteiger partial charge in [0.1, 0.15) is 23.7 Å². The van der Waals surface area contributed by atoms with E-state index in [2.05, 4.69) is 0 Å². The van der Waals surface area contributed by atoms with Gasteiger partial charge in [0.15, 0.2) is 5.75 Å². The van der Waals surface area contributed by atoms with Crippen molar-refractivity contribution < 1.29 is 31.9 Å². The molecule has 0 unspecified atom stereocenters. The highest BCUT2D eigenvalue weighted by molar-refractivity contribution is 7.92. The number of hydrogen-bond acceptors (Lipinski definition) is 7. The van der Waals surface area contributed by atoms with Crippen LogP contribution in [-0.2, 0) is 34.4 Å². The van der Waals surface area contributed by atoms with Gasteiger partial charge >= 0.3 is 0 Å². The first-order chi connectivity index (χ1) is 22.0. The van der Waals surface area contributed by atoms with Crippen molar-refractivity contribution in [2.24, 2.45) is 0 Å². The number of hydrogen-bond donors (Lipinski definition) is 0. The second kappa shape index (κ2) is 12.6. The first-order valence-corrected chi connectivity index (χ1v) is 16.9. The van der Waals surface area contributed by atoms with Gasteiger partial charge in [-0.05, 0) is 59.9 Å². The number of methoxy groups -OCH3 is 1. The molecule has 46 heavy (non-hydrogen) atoms. The summed E-state index contributed by atoms with van der Waals surface area (Å²) in [5.74, 6) is 0.378. The van der Waals surface area contributed by atoms with E-state index in [4.69, 9.17) is 14.5 Å². The molecule has 4 aromatic rings. The zero-order valence-corrected chi connectivity index (χ0v) is 26.8. The molecule has 240 valence electrons. The van der Waals surface area contributed by atoms with Gasteiger partial charge in [0.2, 0.25) is 15.9 Å². The molecule has 1 saturated heterocycles. The van der Waals surface area contributed by atoms with Crippen molar-refractivity contribution in [3.8, 4) is 11.5 Å². The SMILES string of the molecule is COc1ccc(COc2c3c(c(N(C)S(C)(=O)=O)c4cc(Cc5ccc(F)cc5)cnc24)CN(CCN2CCCC2=O)C3=O)cc1. The summed E-state index contributed by atoms with van der Waals surface area (Å²) in [6.07, 6.45) is 4.50. The van der Waals surface area contributed by atoms with Crippen molar-refractivity contribution in [3.05, 3.63) is 94.4 Å². The van der Waals surface area contributed by atoms with Crippen LogP contribution in [0, 0.1) is 5.82 Å². The number of carbonyl (C=O) groups excluding carboxylic acids is 2. The van der Waals surface area contributed by atoms with E-state index < -0.39 is 10.0 Å². The molecule has 0 N–H and O–H groups in total. The molecule has 12 heteroatoms. The summed E-state index contributed by atoms with van der Waals surface area (Å²) in [7, 11) is -0.710. The molecule has 0 spiro atoms. The summed E-state index contributed by atoms with van der Waals surface area (Å²) in [6, 6.07) is 15.4. The zero-order chi connectivity index (χ0) is 32.6. The first-order valence-electron chi connectivity index (χ1n) is 15.0. The van der Waals surface area contributed by atoms with Gasteiger partial charge in [-0.2, -0.15) is 0 Å². The Bertz CT molecular complexity index is 1920. The lowest BCUT2D eigenvalue weighted by atomic mass is 9.98. The Labute approximate surface area is 267 Å². The molecular formula is C34H35FN4O6S. The van der Waals surface area contributed by atoms with Crippen LogP contribution < -0.4 is 13.8 Å². The van der Waals surface area contributed by atoms with E-state index in [1.807, 2.05) is 30.3 Å². The molecule has 0 bridgehead atoms. The number of aromatic nitrogens is 1. The number of nitrogens with zero attached hydrogens (tertiary/aromatic N) is 4. The van der Waals surface area contributed by atoms with Gasteiger partial charge in [-0.3, -0.25) is 18.9 Å². The van der Waals surface area contributed by atoms with Crippen molar-refractivity contribution in [3.63, 3.8) is 0 Å². The minimum Gasteiger partial charge on any atom is -0.497 e. The van der Waals surface area contributed by atoms with Crippen LogP contribution in [0.1, 0.15) is 45.5 Å². The van der Waals surface area contributed by atoms with E-state index in [0.29, 0.717) is 60.4 Å². The largest absolute Gasteiger partial charge is 0.497 e. The van der Waals surface area contributed by atoms with Crippen molar-refractivity contribution in [1.29, 1.82) is 0 Å². The van der Waals surface area contributed by atoms with Crippen LogP contribution in [0.2, 0.25) is 0 Å². The number of benzene rings is 3. The second-order valence-corrected chi connectivity index (χ2v) is 13.7. The number of likely N-dealkylation sites (tertiary alicyclic amines) is 1. The van der Waals surface area contributed by atoms with Crippen molar-refractivity contribution >= 4 is 38.4 Å². The number of pyridine rings is 1. The summed E-state index contributed by atoms with van der Waals surface area (Å²) in [5.41, 5.74) is 3.95. The molecule has 2 amide bonds. The van der Waals surface area contributed by atoms with Gasteiger partial charge in [-0.1, -0.05) is 24.3 Å². The lowest BCUT2D eigenvalue weighted by molar-refractivity contribution is -0.127. The van der Waals surface area contributed by atoms with Crippen molar-refractivity contribution in [2.75, 3.05) is 44.4 Å². The molecule has 2 aliphatic rings. The average Bonchev–Trinajstić information content (AvgIpc) is 3.60. The Morgan fingerprint density at radius 2 is 1.67 bits per heavy atom. The Morgan fingerprint density at radius 3 is 2.33 bits per heavy atom. The molecule has 1 aromatic heterocycles. The standard InChI is InChI=1S/C34H35FN4O6S/c1-37(46(3,42)43)32-27-18-24(17-22-6-10-25(35)11-7-22)19-36-31(27)33(45-21-23-8-12-26(44-2)13-9-23)30-28(32)20-39(34(30)41)16-15-38-14-4-5-29(38)40/h6-13,18-19H,4-5,14-17,20-21H2,1-3H3. The van der Waals surface area contributed by atoms with Crippen LogP contribution in [0.3, 0.4) is 0 Å². The van der Waals surface area contributed by atoms with E-state index in [1.54, 1.807) is 35.2 Å². The summed E-state index contributed by atoms with van der Waals surface area (Å²) >= 11 is 0. The van der Waals surface area contributed by atoms with E-state index in [0.717, 1.165) is 29.4 Å². The normalized spacial score (nSPS) is 14.7. The molecule has 0 aliphatic carbocycles. The number of fused-ring (bicyclic) bond motifs is 2. The Balaban J connectivity index is 1.47. The Hall–Kier alpha value is -4.71. The smallest absolute Gasteiger partial charge is 0.258 e. The minimum absolute atomic E-state index is 0.0637. The molecule has 3 aromatic carbocycles. The molecule has 3 heterocycles. The van der Waals surface area contributed by atoms with E-state index >= 15 is 0 Å². The first kappa shape index (κ1) is 31.3. The maximum Gasteiger partial charge on any atom is 0.258 e. The fraction of sp³-hybridized carbons (Fsp3) is 0.324. The highest BCUT2D eigenvalue weighted by atomic mass is 32.2. The number of rotatable bonds is 11. The summed E-state index contributed by atoms with van der Waals surface area (Å²) in [5, 5.41) is 0.514. The minimum atomic E-state index is -3.76. The molecule has 2 aliphatic heterocycles. The van der Waals surface area contributed by atoms with Crippen molar-refractivity contribution in [1.82, 2.24) is 14.8 Å². The lowest BCUT2D eigenvalue weighted by Gasteiger charge is -2.24. The third kappa shape index (κ3) is 6.21. The molecule has 6 rings (SSSR count). The van der Waals surface area contributed by atoms with Gasteiger partial charge in [-0.25, -0.2) is 12.8 Å². The highest BCUT2D eigenvalue weighted by Crippen LogP contribution is 2.45. The third-order valence-electron chi connectivity index (χ3n) is 8.57. The van der Waals surface area contributed by atoms with Gasteiger partial charge in [0.25, 0.3) is 5.91 Å². The van der Waals surface area contributed by atoms with Crippen LogP contribution in [0.4, 0.5) is 10.1 Å². The lowest BCUT2D eigenvalue weighted by Crippen LogP contribution is -2.36. The van der Waals surface area contributed by atoms with Crippen LogP contribution in [-0.4, -0.2) is 75.1 Å². The molecule has 1 fully saturated rings. The van der Waals surface area contributed by atoms with Crippen LogP contribution in [0.15, 0.2) is 60.8 Å². The number of amides is 2. The Kier molecular flexibility index (Phi) is 8.56. The summed E-state index contributed by atoms with van der Waals surface area (Å²) in [4.78, 5) is 34.5. The number of carbonyl (C=O) groups is 2. The van der Waals surface area contributed by atoms with E-state index in [-0.39, 0.29) is 42.1 Å². The predicted octanol–water partition coefficient (Wildman–Crippen LogP) is 4.53. The monoisotopic (exact) mass is 646 g/mol. The number of sulfonamides is 1. The van der Waals surface area contributed by atoms with Crippen LogP contribution in [0.5, 0.6) is 11.5 Å². The van der Waals surface area contributed by atoms with E-state index in [9.17, 15) is 22.4 Å². The molecule has 0 saturated carbocycles. The predicted molar refractivity (Wildman–Crippen MR) is 172 cm³/mol. The van der Waals surface area contributed by atoms with Crippen LogP contribution >= 0.6 is 0 Å². The maximum atomic E-state index is 14.1. The second-order valence-electron chi connectivity index (χ2n) is 11.7. The van der Waals surface area contributed by atoms with E-state index in [1.165, 1.54) is 23.5 Å². The quantitative estimate of drug-likeness (QED) is 0.236. The number of halogens is 1. The molecule has 10 nitrogen and oxygen atoms in total. The molecular weight excluding hydrogens is 611 g/mol. The van der Waals surface area contributed by atoms with Gasteiger partial charge in [0, 0.05) is 56.8 Å². The van der Waals surface area contributed by atoms with Crippen molar-refractivity contribution in [2.45, 2.75) is 32.4 Å². The molecule has 0 atom stereocenters. The maximum absolute atomic E-state index is 14.1. The topological polar surface area (TPSA) is 109 Å². The number of anilines is 1. The van der Waals surface area contributed by atoms with Gasteiger partial charge in [-0.15, -0.1) is 0 Å².